The van der Waals surface area contributed by atoms with E-state index in [4.69, 9.17) is 0 Å². The van der Waals surface area contributed by atoms with Crippen molar-refractivity contribution in [1.82, 2.24) is 0 Å². The minimum Gasteiger partial charge on any atom is -0.358 e. The molecule has 18 heavy (non-hydrogen) atoms. The van der Waals surface area contributed by atoms with Crippen molar-refractivity contribution >= 4 is 0 Å². The van der Waals surface area contributed by atoms with Gasteiger partial charge in [-0.2, -0.15) is 0 Å². The zero-order valence-corrected chi connectivity index (χ0v) is 8.89. The first-order chi connectivity index (χ1) is 7.98. The first kappa shape index (κ1) is 13.3. The summed E-state index contributed by atoms with van der Waals surface area (Å²) < 4.78 is 0. The molecule has 100 valence electrons. The first-order valence-corrected chi connectivity index (χ1v) is 4.87. The highest BCUT2D eigenvalue weighted by Gasteiger charge is 2.75. The lowest BCUT2D eigenvalue weighted by Gasteiger charge is -2.52. The molecule has 1 aromatic rings. The van der Waals surface area contributed by atoms with Crippen LogP contribution >= 0.6 is 0 Å². The van der Waals surface area contributed by atoms with Gasteiger partial charge in [-0.15, -0.1) is 0 Å². The van der Waals surface area contributed by atoms with Crippen LogP contribution in [-0.4, -0.2) is 52.4 Å². The smallest absolute Gasteiger partial charge is 0.285 e. The quantitative estimate of drug-likeness (QED) is 0.221. The van der Waals surface area contributed by atoms with E-state index in [0.717, 1.165) is 12.1 Å². The lowest BCUT2D eigenvalue weighted by molar-refractivity contribution is -0.525. The van der Waals surface area contributed by atoms with Gasteiger partial charge >= 0.3 is 0 Å². The highest BCUT2D eigenvalue weighted by atomic mass is 16.7. The second-order valence-corrected chi connectivity index (χ2v) is 4.23. The third-order valence-corrected chi connectivity index (χ3v) is 3.14. The fourth-order valence-electron chi connectivity index (χ4n) is 1.95. The summed E-state index contributed by atoms with van der Waals surface area (Å²) in [5.41, 5.74) is -1.36. The summed E-state index contributed by atoms with van der Waals surface area (Å²) in [7, 11) is 0. The molecule has 8 heteroatoms. The summed E-state index contributed by atoms with van der Waals surface area (Å²) in [6.45, 7) is 0. The molecule has 0 heterocycles. The van der Waals surface area contributed by atoms with Crippen molar-refractivity contribution in [3.8, 4) is 0 Å². The molecule has 0 aromatic heterocycles. The zero-order chi connectivity index (χ0) is 14.0. The lowest BCUT2D eigenvalue weighted by Crippen LogP contribution is -2.77. The van der Waals surface area contributed by atoms with Gasteiger partial charge in [-0.05, 0) is 0 Å². The van der Waals surface area contributed by atoms with E-state index in [-0.39, 0.29) is 0 Å². The fraction of sp³-hybridized carbons (Fsp3) is 0.400. The molecule has 8 N–H and O–H groups in total. The Labute approximate surface area is 100 Å². The third kappa shape index (κ3) is 1.20. The molecule has 0 fully saturated rings. The molecule has 1 aliphatic rings. The van der Waals surface area contributed by atoms with Crippen LogP contribution in [-0.2, 0) is 11.6 Å². The topological polar surface area (TPSA) is 162 Å². The molecule has 0 amide bonds. The van der Waals surface area contributed by atoms with Gasteiger partial charge in [-0.1, -0.05) is 24.3 Å². The number of hydrogen-bond donors (Lipinski definition) is 8. The van der Waals surface area contributed by atoms with Crippen molar-refractivity contribution in [2.24, 2.45) is 0 Å². The predicted molar refractivity (Wildman–Crippen MR) is 53.0 cm³/mol. The van der Waals surface area contributed by atoms with Gasteiger partial charge in [0.15, 0.2) is 0 Å². The number of hydrogen-bond acceptors (Lipinski definition) is 8. The zero-order valence-electron chi connectivity index (χ0n) is 8.89. The molecule has 0 unspecified atom stereocenters. The van der Waals surface area contributed by atoms with E-state index in [9.17, 15) is 40.9 Å². The Bertz CT molecular complexity index is 445. The average molecular weight is 260 g/mol. The van der Waals surface area contributed by atoms with Crippen LogP contribution in [0.25, 0.3) is 0 Å². The van der Waals surface area contributed by atoms with E-state index < -0.39 is 34.3 Å². The average Bonchev–Trinajstić information content (AvgIpc) is 2.27. The van der Waals surface area contributed by atoms with E-state index in [1.165, 1.54) is 12.1 Å². The standard InChI is InChI=1S/C10H12O8/c11-7(12)5-3-1-2-4-6(5)8(13,14)10(17,18)9(7,15)16/h1-4,11-18H. The van der Waals surface area contributed by atoms with Crippen molar-refractivity contribution in [3.63, 3.8) is 0 Å². The van der Waals surface area contributed by atoms with Crippen molar-refractivity contribution in [3.05, 3.63) is 35.4 Å². The maximum Gasteiger partial charge on any atom is 0.285 e. The molecule has 0 atom stereocenters. The van der Waals surface area contributed by atoms with Gasteiger partial charge in [0.05, 0.1) is 0 Å². The molecule has 0 aliphatic heterocycles. The van der Waals surface area contributed by atoms with Crippen molar-refractivity contribution < 1.29 is 40.9 Å². The van der Waals surface area contributed by atoms with E-state index in [1.54, 1.807) is 0 Å². The van der Waals surface area contributed by atoms with Gasteiger partial charge < -0.3 is 40.9 Å². The van der Waals surface area contributed by atoms with Gasteiger partial charge in [0, 0.05) is 11.1 Å². The number of aliphatic hydroxyl groups is 8. The Morgan fingerprint density at radius 1 is 0.556 bits per heavy atom. The Morgan fingerprint density at radius 3 is 1.11 bits per heavy atom. The molecule has 0 bridgehead atoms. The largest absolute Gasteiger partial charge is 0.358 e. The SMILES string of the molecule is OC1(O)c2ccccc2C(O)(O)C(O)(O)C1(O)O. The minimum absolute atomic E-state index is 0.682. The molecule has 0 saturated carbocycles. The maximum atomic E-state index is 9.64. The highest BCUT2D eigenvalue weighted by molar-refractivity contribution is 5.41. The molecule has 0 radical (unpaired) electrons. The van der Waals surface area contributed by atoms with Crippen LogP contribution < -0.4 is 0 Å². The van der Waals surface area contributed by atoms with Crippen molar-refractivity contribution in [2.75, 3.05) is 0 Å². The Morgan fingerprint density at radius 2 is 0.833 bits per heavy atom. The first-order valence-electron chi connectivity index (χ1n) is 4.87. The third-order valence-electron chi connectivity index (χ3n) is 3.14. The Kier molecular flexibility index (Phi) is 2.42. The second-order valence-electron chi connectivity index (χ2n) is 4.23. The molecule has 1 aromatic carbocycles. The summed E-state index contributed by atoms with van der Waals surface area (Å²) in [5.74, 6) is -15.1. The summed E-state index contributed by atoms with van der Waals surface area (Å²) in [6, 6.07) is 4.45. The molecule has 2 rings (SSSR count). The maximum absolute atomic E-state index is 9.64. The lowest BCUT2D eigenvalue weighted by atomic mass is 9.74. The highest BCUT2D eigenvalue weighted by Crippen LogP contribution is 2.50. The van der Waals surface area contributed by atoms with E-state index >= 15 is 0 Å². The van der Waals surface area contributed by atoms with Crippen molar-refractivity contribution in [2.45, 2.75) is 23.1 Å². The monoisotopic (exact) mass is 260 g/mol. The van der Waals surface area contributed by atoms with E-state index in [1.807, 2.05) is 0 Å². The number of fused-ring (bicyclic) bond motifs is 1. The number of rotatable bonds is 0. The molecule has 1 aliphatic carbocycles. The van der Waals surface area contributed by atoms with Crippen LogP contribution in [0.1, 0.15) is 11.1 Å². The summed E-state index contributed by atoms with van der Waals surface area (Å²) in [4.78, 5) is 0. The summed E-state index contributed by atoms with van der Waals surface area (Å²) in [5, 5.41) is 76.3. The van der Waals surface area contributed by atoms with Gasteiger partial charge in [0.2, 0.25) is 0 Å². The summed E-state index contributed by atoms with van der Waals surface area (Å²) >= 11 is 0. The van der Waals surface area contributed by atoms with Crippen molar-refractivity contribution in [1.29, 1.82) is 0 Å². The van der Waals surface area contributed by atoms with Gasteiger partial charge in [0.1, 0.15) is 0 Å². The fourth-order valence-corrected chi connectivity index (χ4v) is 1.95. The molecule has 0 spiro atoms. The normalized spacial score (nSPS) is 26.4. The van der Waals surface area contributed by atoms with Crippen LogP contribution in [0, 0.1) is 0 Å². The number of benzene rings is 1. The Balaban J connectivity index is 2.86. The van der Waals surface area contributed by atoms with Crippen LogP contribution in [0.4, 0.5) is 0 Å². The second kappa shape index (κ2) is 3.26. The summed E-state index contributed by atoms with van der Waals surface area (Å²) in [6.07, 6.45) is 0. The molecular weight excluding hydrogens is 248 g/mol. The van der Waals surface area contributed by atoms with Crippen LogP contribution in [0.2, 0.25) is 0 Å². The minimum atomic E-state index is -4.03. The van der Waals surface area contributed by atoms with Gasteiger partial charge in [-0.25, -0.2) is 0 Å². The van der Waals surface area contributed by atoms with Crippen LogP contribution in [0.15, 0.2) is 24.3 Å². The molecule has 0 saturated heterocycles. The van der Waals surface area contributed by atoms with Gasteiger partial charge in [0.25, 0.3) is 23.1 Å². The van der Waals surface area contributed by atoms with Crippen LogP contribution in [0.3, 0.4) is 0 Å². The molecular formula is C10H12O8. The van der Waals surface area contributed by atoms with E-state index in [2.05, 4.69) is 0 Å². The Hall–Kier alpha value is -1.10. The van der Waals surface area contributed by atoms with Crippen LogP contribution in [0.5, 0.6) is 0 Å². The molecule has 8 nitrogen and oxygen atoms in total. The van der Waals surface area contributed by atoms with E-state index in [0.29, 0.717) is 0 Å². The van der Waals surface area contributed by atoms with Gasteiger partial charge in [-0.3, -0.25) is 0 Å². The predicted octanol–water partition coefficient (Wildman–Crippen LogP) is -3.66.